The molecular weight excluding hydrogens is 214 g/mol. The van der Waals surface area contributed by atoms with Crippen LogP contribution in [0.5, 0.6) is 5.75 Å². The maximum absolute atomic E-state index is 6.08. The molecule has 0 saturated heterocycles. The summed E-state index contributed by atoms with van der Waals surface area (Å²) in [6.07, 6.45) is 0. The number of nitrogen functional groups attached to an aromatic ring is 1. The SMILES string of the molecule is Cc1ccc(N)c(Cl)c1O[Si](C)(C)C. The van der Waals surface area contributed by atoms with Crippen molar-refractivity contribution in [3.63, 3.8) is 0 Å². The highest BCUT2D eigenvalue weighted by molar-refractivity contribution is 6.70. The van der Waals surface area contributed by atoms with Crippen LogP contribution in [0, 0.1) is 6.92 Å². The fourth-order valence-corrected chi connectivity index (χ4v) is 2.29. The predicted molar refractivity (Wildman–Crippen MR) is 64.6 cm³/mol. The number of nitrogens with two attached hydrogens (primary N) is 1. The van der Waals surface area contributed by atoms with Gasteiger partial charge in [0.05, 0.1) is 5.69 Å². The van der Waals surface area contributed by atoms with E-state index in [1.165, 1.54) is 0 Å². The second-order valence-electron chi connectivity index (χ2n) is 4.33. The van der Waals surface area contributed by atoms with Crippen LogP contribution in [0.3, 0.4) is 0 Å². The summed E-state index contributed by atoms with van der Waals surface area (Å²) in [6.45, 7) is 8.32. The van der Waals surface area contributed by atoms with Gasteiger partial charge in [-0.1, -0.05) is 17.7 Å². The van der Waals surface area contributed by atoms with E-state index in [9.17, 15) is 0 Å². The Morgan fingerprint density at radius 3 is 2.36 bits per heavy atom. The first kappa shape index (κ1) is 11.4. The maximum atomic E-state index is 6.08. The molecule has 0 fully saturated rings. The van der Waals surface area contributed by atoms with Crippen molar-refractivity contribution in [1.29, 1.82) is 0 Å². The Kier molecular flexibility index (Phi) is 3.12. The lowest BCUT2D eigenvalue weighted by Gasteiger charge is -2.22. The third-order valence-electron chi connectivity index (χ3n) is 1.73. The Morgan fingerprint density at radius 1 is 1.29 bits per heavy atom. The molecule has 0 bridgehead atoms. The molecule has 0 aliphatic rings. The fraction of sp³-hybridized carbons (Fsp3) is 0.400. The van der Waals surface area contributed by atoms with Crippen LogP contribution >= 0.6 is 11.6 Å². The summed E-state index contributed by atoms with van der Waals surface area (Å²) < 4.78 is 5.87. The molecule has 0 spiro atoms. The second-order valence-corrected chi connectivity index (χ2v) is 9.14. The van der Waals surface area contributed by atoms with Gasteiger partial charge in [0.15, 0.2) is 0 Å². The summed E-state index contributed by atoms with van der Waals surface area (Å²) in [5.74, 6) is 0.742. The molecule has 0 amide bonds. The summed E-state index contributed by atoms with van der Waals surface area (Å²) in [6, 6.07) is 3.73. The van der Waals surface area contributed by atoms with E-state index in [1.807, 2.05) is 13.0 Å². The molecule has 0 aliphatic carbocycles. The Labute approximate surface area is 91.2 Å². The molecule has 0 heterocycles. The van der Waals surface area contributed by atoms with E-state index < -0.39 is 8.32 Å². The van der Waals surface area contributed by atoms with E-state index in [2.05, 4.69) is 19.6 Å². The molecule has 0 saturated carbocycles. The van der Waals surface area contributed by atoms with Crippen molar-refractivity contribution in [3.05, 3.63) is 22.7 Å². The van der Waals surface area contributed by atoms with Crippen molar-refractivity contribution in [2.75, 3.05) is 5.73 Å². The van der Waals surface area contributed by atoms with E-state index in [0.29, 0.717) is 10.7 Å². The summed E-state index contributed by atoms with van der Waals surface area (Å²) >= 11 is 6.08. The summed E-state index contributed by atoms with van der Waals surface area (Å²) in [5, 5.41) is 0.535. The topological polar surface area (TPSA) is 35.2 Å². The molecule has 0 unspecified atom stereocenters. The van der Waals surface area contributed by atoms with Gasteiger partial charge in [-0.2, -0.15) is 0 Å². The van der Waals surface area contributed by atoms with Gasteiger partial charge in [-0.15, -0.1) is 0 Å². The molecule has 0 radical (unpaired) electrons. The highest BCUT2D eigenvalue weighted by atomic mass is 35.5. The van der Waals surface area contributed by atoms with Gasteiger partial charge >= 0.3 is 0 Å². The van der Waals surface area contributed by atoms with E-state index in [1.54, 1.807) is 6.07 Å². The number of benzene rings is 1. The number of hydrogen-bond acceptors (Lipinski definition) is 2. The van der Waals surface area contributed by atoms with E-state index in [4.69, 9.17) is 21.8 Å². The molecule has 2 N–H and O–H groups in total. The average molecular weight is 230 g/mol. The van der Waals surface area contributed by atoms with E-state index in [0.717, 1.165) is 11.3 Å². The third-order valence-corrected chi connectivity index (χ3v) is 2.94. The summed E-state index contributed by atoms with van der Waals surface area (Å²) in [4.78, 5) is 0. The molecule has 2 nitrogen and oxygen atoms in total. The zero-order valence-corrected chi connectivity index (χ0v) is 10.8. The molecule has 0 atom stereocenters. The first-order valence-electron chi connectivity index (χ1n) is 4.55. The minimum absolute atomic E-state index is 0.535. The van der Waals surface area contributed by atoms with Gasteiger partial charge in [-0.05, 0) is 38.2 Å². The standard InChI is InChI=1S/C10H16ClNOSi/c1-7-5-6-8(12)9(11)10(7)13-14(2,3)4/h5-6H,12H2,1-4H3. The molecule has 78 valence electrons. The van der Waals surface area contributed by atoms with Crippen LogP contribution in [0.25, 0.3) is 0 Å². The molecule has 0 aliphatic heterocycles. The molecule has 1 aromatic carbocycles. The van der Waals surface area contributed by atoms with Crippen molar-refractivity contribution < 1.29 is 4.43 Å². The van der Waals surface area contributed by atoms with Crippen LogP contribution in [-0.4, -0.2) is 8.32 Å². The van der Waals surface area contributed by atoms with Crippen molar-refractivity contribution >= 4 is 25.6 Å². The minimum Gasteiger partial charge on any atom is -0.543 e. The Morgan fingerprint density at radius 2 is 1.86 bits per heavy atom. The smallest absolute Gasteiger partial charge is 0.242 e. The molecule has 0 aromatic heterocycles. The monoisotopic (exact) mass is 229 g/mol. The molecular formula is C10H16ClNOSi. The van der Waals surface area contributed by atoms with Gasteiger partial charge in [-0.3, -0.25) is 0 Å². The number of rotatable bonds is 2. The first-order chi connectivity index (χ1) is 6.31. The molecule has 1 rings (SSSR count). The summed E-state index contributed by atoms with van der Waals surface area (Å²) in [7, 11) is -1.62. The van der Waals surface area contributed by atoms with Gasteiger partial charge in [0.2, 0.25) is 8.32 Å². The van der Waals surface area contributed by atoms with Crippen molar-refractivity contribution in [2.45, 2.75) is 26.6 Å². The third kappa shape index (κ3) is 2.66. The van der Waals surface area contributed by atoms with Crippen molar-refractivity contribution in [3.8, 4) is 5.75 Å². The Hall–Kier alpha value is -0.673. The molecule has 1 aromatic rings. The van der Waals surface area contributed by atoms with Crippen molar-refractivity contribution in [2.24, 2.45) is 0 Å². The normalized spacial score (nSPS) is 11.5. The van der Waals surface area contributed by atoms with Crippen LogP contribution in [0.15, 0.2) is 12.1 Å². The van der Waals surface area contributed by atoms with Gasteiger partial charge in [0.1, 0.15) is 10.8 Å². The number of aryl methyl sites for hydroxylation is 1. The van der Waals surface area contributed by atoms with Gasteiger partial charge in [0, 0.05) is 0 Å². The quantitative estimate of drug-likeness (QED) is 0.623. The second kappa shape index (κ2) is 3.83. The number of anilines is 1. The lowest BCUT2D eigenvalue weighted by Crippen LogP contribution is -2.29. The van der Waals surface area contributed by atoms with E-state index >= 15 is 0 Å². The van der Waals surface area contributed by atoms with Crippen LogP contribution < -0.4 is 10.2 Å². The van der Waals surface area contributed by atoms with Crippen LogP contribution in [-0.2, 0) is 0 Å². The zero-order chi connectivity index (χ0) is 10.9. The highest BCUT2D eigenvalue weighted by Crippen LogP contribution is 2.34. The molecule has 4 heteroatoms. The lowest BCUT2D eigenvalue weighted by atomic mass is 10.2. The molecule has 14 heavy (non-hydrogen) atoms. The van der Waals surface area contributed by atoms with Crippen LogP contribution in [0.4, 0.5) is 5.69 Å². The zero-order valence-electron chi connectivity index (χ0n) is 9.02. The van der Waals surface area contributed by atoms with Crippen molar-refractivity contribution in [1.82, 2.24) is 0 Å². The Balaban J connectivity index is 3.13. The average Bonchev–Trinajstić information content (AvgIpc) is 2.04. The lowest BCUT2D eigenvalue weighted by molar-refractivity contribution is 0.553. The largest absolute Gasteiger partial charge is 0.543 e. The van der Waals surface area contributed by atoms with Gasteiger partial charge < -0.3 is 10.2 Å². The minimum atomic E-state index is -1.62. The van der Waals surface area contributed by atoms with E-state index in [-0.39, 0.29) is 0 Å². The highest BCUT2D eigenvalue weighted by Gasteiger charge is 2.20. The number of halogens is 1. The van der Waals surface area contributed by atoms with Crippen LogP contribution in [0.2, 0.25) is 24.7 Å². The first-order valence-corrected chi connectivity index (χ1v) is 8.33. The number of hydrogen-bond donors (Lipinski definition) is 1. The van der Waals surface area contributed by atoms with Gasteiger partial charge in [0.25, 0.3) is 0 Å². The predicted octanol–water partition coefficient (Wildman–Crippen LogP) is 3.44. The van der Waals surface area contributed by atoms with Gasteiger partial charge in [-0.25, -0.2) is 0 Å². The summed E-state index contributed by atoms with van der Waals surface area (Å²) in [5.41, 5.74) is 7.32. The van der Waals surface area contributed by atoms with Crippen LogP contribution in [0.1, 0.15) is 5.56 Å². The Bertz CT molecular complexity index is 347. The maximum Gasteiger partial charge on any atom is 0.242 e. The fourth-order valence-electron chi connectivity index (χ4n) is 1.10.